The van der Waals surface area contributed by atoms with Crippen LogP contribution in [0.3, 0.4) is 0 Å². The van der Waals surface area contributed by atoms with Gasteiger partial charge in [0.2, 0.25) is 0 Å². The Morgan fingerprint density at radius 3 is 2.81 bits per heavy atom. The standard InChI is InChI=1S/C20H27N3O3S/c1-13(2)12-26-16-5-4-15(10-17(16)25-3)19(24)23-20-22-11-18(27-20)14-6-8-21-9-7-14/h4-5,10-11,13-14,21H,6-9,12H2,1-3H3,(H,22,23,24). The average Bonchev–Trinajstić information content (AvgIpc) is 3.15. The number of amides is 1. The fourth-order valence-electron chi connectivity index (χ4n) is 2.99. The average molecular weight is 390 g/mol. The Balaban J connectivity index is 1.66. The summed E-state index contributed by atoms with van der Waals surface area (Å²) < 4.78 is 11.1. The minimum atomic E-state index is -0.199. The van der Waals surface area contributed by atoms with E-state index in [2.05, 4.69) is 29.5 Å². The molecule has 2 heterocycles. The van der Waals surface area contributed by atoms with Gasteiger partial charge in [-0.25, -0.2) is 4.98 Å². The van der Waals surface area contributed by atoms with Gasteiger partial charge in [-0.3, -0.25) is 10.1 Å². The number of carbonyl (C=O) groups excluding carboxylic acids is 1. The van der Waals surface area contributed by atoms with Crippen LogP contribution in [0.1, 0.15) is 47.8 Å². The molecule has 0 spiro atoms. The number of carbonyl (C=O) groups is 1. The lowest BCUT2D eigenvalue weighted by atomic mass is 9.97. The molecule has 1 aliphatic heterocycles. The summed E-state index contributed by atoms with van der Waals surface area (Å²) in [6, 6.07) is 5.22. The SMILES string of the molecule is COc1cc(C(=O)Nc2ncc(C3CCNCC3)s2)ccc1OCC(C)C. The molecule has 146 valence electrons. The van der Waals surface area contributed by atoms with E-state index in [0.29, 0.717) is 40.6 Å². The maximum Gasteiger partial charge on any atom is 0.257 e. The van der Waals surface area contributed by atoms with Crippen molar-refractivity contribution < 1.29 is 14.3 Å². The largest absolute Gasteiger partial charge is 0.493 e. The summed E-state index contributed by atoms with van der Waals surface area (Å²) >= 11 is 1.56. The topological polar surface area (TPSA) is 72.5 Å². The van der Waals surface area contributed by atoms with E-state index >= 15 is 0 Å². The van der Waals surface area contributed by atoms with Crippen molar-refractivity contribution in [2.24, 2.45) is 5.92 Å². The van der Waals surface area contributed by atoms with E-state index < -0.39 is 0 Å². The first kappa shape index (κ1) is 19.6. The summed E-state index contributed by atoms with van der Waals surface area (Å²) in [6.07, 6.45) is 4.12. The van der Waals surface area contributed by atoms with E-state index in [0.717, 1.165) is 25.9 Å². The summed E-state index contributed by atoms with van der Waals surface area (Å²) in [4.78, 5) is 18.2. The zero-order chi connectivity index (χ0) is 19.2. The highest BCUT2D eigenvalue weighted by molar-refractivity contribution is 7.15. The number of hydrogen-bond acceptors (Lipinski definition) is 6. The highest BCUT2D eigenvalue weighted by Gasteiger charge is 2.19. The summed E-state index contributed by atoms with van der Waals surface area (Å²) in [5, 5.41) is 6.89. The fraction of sp³-hybridized carbons (Fsp3) is 0.500. The third-order valence-electron chi connectivity index (χ3n) is 4.48. The highest BCUT2D eigenvalue weighted by Crippen LogP contribution is 2.32. The Kier molecular flexibility index (Phi) is 6.68. The molecule has 3 rings (SSSR count). The van der Waals surface area contributed by atoms with Crippen molar-refractivity contribution in [2.75, 3.05) is 32.1 Å². The number of piperidine rings is 1. The highest BCUT2D eigenvalue weighted by atomic mass is 32.1. The smallest absolute Gasteiger partial charge is 0.257 e. The first-order valence-electron chi connectivity index (χ1n) is 9.35. The second-order valence-electron chi connectivity index (χ2n) is 7.12. The third-order valence-corrected chi connectivity index (χ3v) is 5.56. The number of benzene rings is 1. The Bertz CT molecular complexity index is 770. The van der Waals surface area contributed by atoms with Crippen LogP contribution in [-0.2, 0) is 0 Å². The number of nitrogens with zero attached hydrogens (tertiary/aromatic N) is 1. The van der Waals surface area contributed by atoms with Gasteiger partial charge in [-0.1, -0.05) is 13.8 Å². The predicted octanol–water partition coefficient (Wildman–Crippen LogP) is 3.91. The molecular formula is C20H27N3O3S. The molecule has 0 atom stereocenters. The molecule has 1 amide bonds. The summed E-state index contributed by atoms with van der Waals surface area (Å²) in [7, 11) is 1.57. The maximum absolute atomic E-state index is 12.6. The molecule has 0 bridgehead atoms. The molecule has 2 N–H and O–H groups in total. The van der Waals surface area contributed by atoms with Crippen LogP contribution in [0.15, 0.2) is 24.4 Å². The zero-order valence-electron chi connectivity index (χ0n) is 16.1. The van der Waals surface area contributed by atoms with Gasteiger partial charge in [-0.05, 0) is 56.0 Å². The number of nitrogens with one attached hydrogen (secondary N) is 2. The first-order valence-corrected chi connectivity index (χ1v) is 10.2. The van der Waals surface area contributed by atoms with Crippen molar-refractivity contribution in [3.63, 3.8) is 0 Å². The number of hydrogen-bond donors (Lipinski definition) is 2. The molecule has 0 unspecified atom stereocenters. The molecule has 0 aliphatic carbocycles. The molecule has 6 nitrogen and oxygen atoms in total. The second-order valence-corrected chi connectivity index (χ2v) is 8.18. The lowest BCUT2D eigenvalue weighted by Crippen LogP contribution is -2.26. The normalized spacial score (nSPS) is 15.0. The van der Waals surface area contributed by atoms with Crippen LogP contribution in [0.5, 0.6) is 11.5 Å². The van der Waals surface area contributed by atoms with Crippen molar-refractivity contribution in [3.05, 3.63) is 34.8 Å². The summed E-state index contributed by atoms with van der Waals surface area (Å²) in [5.41, 5.74) is 0.516. The van der Waals surface area contributed by atoms with E-state index in [9.17, 15) is 4.79 Å². The van der Waals surface area contributed by atoms with E-state index in [1.54, 1.807) is 36.6 Å². The molecular weight excluding hydrogens is 362 g/mol. The summed E-state index contributed by atoms with van der Waals surface area (Å²) in [6.45, 7) is 6.84. The monoisotopic (exact) mass is 389 g/mol. The lowest BCUT2D eigenvalue weighted by molar-refractivity contribution is 0.102. The van der Waals surface area contributed by atoms with Crippen LogP contribution in [0.2, 0.25) is 0 Å². The molecule has 1 aromatic heterocycles. The molecule has 1 aromatic carbocycles. The Hall–Kier alpha value is -2.12. The Morgan fingerprint density at radius 2 is 2.11 bits per heavy atom. The van der Waals surface area contributed by atoms with Crippen LogP contribution in [0.4, 0.5) is 5.13 Å². The van der Waals surface area contributed by atoms with Crippen molar-refractivity contribution in [3.8, 4) is 11.5 Å². The summed E-state index contributed by atoms with van der Waals surface area (Å²) in [5.74, 6) is 1.95. The van der Waals surface area contributed by atoms with Gasteiger partial charge in [0.25, 0.3) is 5.91 Å². The van der Waals surface area contributed by atoms with Crippen LogP contribution in [-0.4, -0.2) is 37.7 Å². The van der Waals surface area contributed by atoms with Gasteiger partial charge in [0, 0.05) is 16.6 Å². The minimum Gasteiger partial charge on any atom is -0.493 e. The van der Waals surface area contributed by atoms with E-state index in [-0.39, 0.29) is 5.91 Å². The maximum atomic E-state index is 12.6. The van der Waals surface area contributed by atoms with E-state index in [1.807, 2.05) is 6.20 Å². The van der Waals surface area contributed by atoms with Gasteiger partial charge in [-0.2, -0.15) is 0 Å². The number of methoxy groups -OCH3 is 1. The van der Waals surface area contributed by atoms with Crippen LogP contribution in [0, 0.1) is 5.92 Å². The first-order chi connectivity index (χ1) is 13.1. The van der Waals surface area contributed by atoms with Crippen LogP contribution in [0.25, 0.3) is 0 Å². The molecule has 1 fully saturated rings. The van der Waals surface area contributed by atoms with Crippen LogP contribution >= 0.6 is 11.3 Å². The molecule has 0 radical (unpaired) electrons. The van der Waals surface area contributed by atoms with E-state index in [4.69, 9.17) is 9.47 Å². The fourth-order valence-corrected chi connectivity index (χ4v) is 3.97. The third kappa shape index (κ3) is 5.20. The Labute approximate surface area is 164 Å². The van der Waals surface area contributed by atoms with Gasteiger partial charge in [0.15, 0.2) is 16.6 Å². The quantitative estimate of drug-likeness (QED) is 0.751. The van der Waals surface area contributed by atoms with Crippen LogP contribution < -0.4 is 20.1 Å². The Morgan fingerprint density at radius 1 is 1.33 bits per heavy atom. The molecule has 1 saturated heterocycles. The predicted molar refractivity (Wildman–Crippen MR) is 108 cm³/mol. The second kappa shape index (κ2) is 9.19. The molecule has 1 aliphatic rings. The van der Waals surface area contributed by atoms with Crippen molar-refractivity contribution in [1.82, 2.24) is 10.3 Å². The van der Waals surface area contributed by atoms with Gasteiger partial charge >= 0.3 is 0 Å². The van der Waals surface area contributed by atoms with Gasteiger partial charge in [0.1, 0.15) is 0 Å². The number of ether oxygens (including phenoxy) is 2. The van der Waals surface area contributed by atoms with Gasteiger partial charge < -0.3 is 14.8 Å². The number of aromatic nitrogens is 1. The minimum absolute atomic E-state index is 0.199. The van der Waals surface area contributed by atoms with Crippen molar-refractivity contribution >= 4 is 22.4 Å². The van der Waals surface area contributed by atoms with Gasteiger partial charge in [0.05, 0.1) is 13.7 Å². The number of rotatable bonds is 7. The van der Waals surface area contributed by atoms with E-state index in [1.165, 1.54) is 4.88 Å². The van der Waals surface area contributed by atoms with Crippen molar-refractivity contribution in [2.45, 2.75) is 32.6 Å². The zero-order valence-corrected chi connectivity index (χ0v) is 16.9. The molecule has 7 heteroatoms. The lowest BCUT2D eigenvalue weighted by Gasteiger charge is -2.20. The number of thiazole rings is 1. The van der Waals surface area contributed by atoms with Gasteiger partial charge in [-0.15, -0.1) is 11.3 Å². The molecule has 27 heavy (non-hydrogen) atoms. The molecule has 0 saturated carbocycles. The van der Waals surface area contributed by atoms with Crippen molar-refractivity contribution in [1.29, 1.82) is 0 Å². The molecule has 2 aromatic rings. The number of anilines is 1.